The van der Waals surface area contributed by atoms with Gasteiger partial charge < -0.3 is 5.73 Å². The molecule has 0 unspecified atom stereocenters. The molecule has 3 rings (SSSR count). The van der Waals surface area contributed by atoms with Gasteiger partial charge in [-0.3, -0.25) is 29.0 Å². The SMILES string of the molecule is CN1C(=O)CC[C@@](C)(N2C(=O)c3csc(N)c3C2=O)C1=O. The molecule has 0 bridgehead atoms. The normalized spacial score (nSPS) is 25.8. The van der Waals surface area contributed by atoms with E-state index in [0.717, 1.165) is 21.1 Å². The fraction of sp³-hybridized carbons (Fsp3) is 0.385. The molecule has 2 aliphatic rings. The molecule has 4 amide bonds. The molecule has 0 saturated carbocycles. The molecule has 7 nitrogen and oxygen atoms in total. The number of nitrogens with two attached hydrogens (primary N) is 1. The van der Waals surface area contributed by atoms with E-state index in [0.29, 0.717) is 0 Å². The van der Waals surface area contributed by atoms with Crippen LogP contribution in [0, 0.1) is 0 Å². The third-order valence-corrected chi connectivity index (χ3v) is 4.94. The van der Waals surface area contributed by atoms with Gasteiger partial charge in [0.2, 0.25) is 5.91 Å². The molecule has 3 heterocycles. The summed E-state index contributed by atoms with van der Waals surface area (Å²) in [5, 5.41) is 1.79. The average Bonchev–Trinajstić information content (AvgIpc) is 2.94. The number of nitrogen functional groups attached to an aromatic ring is 1. The molecule has 0 radical (unpaired) electrons. The monoisotopic (exact) mass is 307 g/mol. The lowest BCUT2D eigenvalue weighted by atomic mass is 9.88. The van der Waals surface area contributed by atoms with E-state index in [2.05, 4.69) is 0 Å². The number of anilines is 1. The number of carbonyl (C=O) groups is 4. The fourth-order valence-corrected chi connectivity index (χ4v) is 3.61. The lowest BCUT2D eigenvalue weighted by molar-refractivity contribution is -0.154. The van der Waals surface area contributed by atoms with Crippen molar-refractivity contribution in [3.8, 4) is 0 Å². The summed E-state index contributed by atoms with van der Waals surface area (Å²) < 4.78 is 0. The summed E-state index contributed by atoms with van der Waals surface area (Å²) in [6, 6.07) is 0. The Morgan fingerprint density at radius 1 is 1.24 bits per heavy atom. The highest BCUT2D eigenvalue weighted by Gasteiger charge is 2.55. The smallest absolute Gasteiger partial charge is 0.265 e. The second-order valence-electron chi connectivity index (χ2n) is 5.37. The Bertz CT molecular complexity index is 710. The van der Waals surface area contributed by atoms with E-state index in [1.165, 1.54) is 19.4 Å². The molecule has 8 heteroatoms. The first-order chi connectivity index (χ1) is 9.79. The number of carbonyl (C=O) groups excluding carboxylic acids is 4. The molecule has 1 aromatic rings. The maximum atomic E-state index is 12.5. The summed E-state index contributed by atoms with van der Waals surface area (Å²) >= 11 is 1.12. The van der Waals surface area contributed by atoms with Crippen LogP contribution >= 0.6 is 11.3 Å². The highest BCUT2D eigenvalue weighted by molar-refractivity contribution is 7.14. The Morgan fingerprint density at radius 3 is 2.52 bits per heavy atom. The van der Waals surface area contributed by atoms with Crippen LogP contribution in [-0.4, -0.2) is 46.0 Å². The predicted molar refractivity (Wildman–Crippen MR) is 74.6 cm³/mol. The second-order valence-corrected chi connectivity index (χ2v) is 6.28. The van der Waals surface area contributed by atoms with E-state index in [4.69, 9.17) is 5.73 Å². The van der Waals surface area contributed by atoms with Crippen molar-refractivity contribution in [1.82, 2.24) is 9.80 Å². The number of thiophene rings is 1. The Morgan fingerprint density at radius 2 is 1.90 bits per heavy atom. The number of nitrogens with zero attached hydrogens (tertiary/aromatic N) is 2. The zero-order valence-electron chi connectivity index (χ0n) is 11.5. The minimum Gasteiger partial charge on any atom is -0.390 e. The third-order valence-electron chi connectivity index (χ3n) is 4.13. The average molecular weight is 307 g/mol. The van der Waals surface area contributed by atoms with E-state index in [9.17, 15) is 19.2 Å². The van der Waals surface area contributed by atoms with Gasteiger partial charge in [-0.25, -0.2) is 0 Å². The van der Waals surface area contributed by atoms with Crippen molar-refractivity contribution in [2.75, 3.05) is 12.8 Å². The van der Waals surface area contributed by atoms with Crippen molar-refractivity contribution in [1.29, 1.82) is 0 Å². The van der Waals surface area contributed by atoms with Crippen molar-refractivity contribution < 1.29 is 19.2 Å². The van der Waals surface area contributed by atoms with Gasteiger partial charge in [0.05, 0.1) is 16.1 Å². The number of piperidine rings is 1. The number of amides is 4. The maximum Gasteiger partial charge on any atom is 0.265 e. The van der Waals surface area contributed by atoms with Gasteiger partial charge in [-0.2, -0.15) is 0 Å². The highest BCUT2D eigenvalue weighted by atomic mass is 32.1. The first-order valence-electron chi connectivity index (χ1n) is 6.36. The van der Waals surface area contributed by atoms with Gasteiger partial charge in [-0.1, -0.05) is 0 Å². The topological polar surface area (TPSA) is 101 Å². The quantitative estimate of drug-likeness (QED) is 0.760. The number of likely N-dealkylation sites (N-methyl/N-ethyl adjacent to an activating group) is 1. The van der Waals surface area contributed by atoms with Crippen LogP contribution in [-0.2, 0) is 9.59 Å². The molecule has 0 aromatic carbocycles. The van der Waals surface area contributed by atoms with E-state index < -0.39 is 23.3 Å². The van der Waals surface area contributed by atoms with E-state index in [-0.39, 0.29) is 34.9 Å². The zero-order valence-corrected chi connectivity index (χ0v) is 12.3. The Kier molecular flexibility index (Phi) is 2.71. The summed E-state index contributed by atoms with van der Waals surface area (Å²) in [4.78, 5) is 50.9. The van der Waals surface area contributed by atoms with Crippen LogP contribution in [0.15, 0.2) is 5.38 Å². The van der Waals surface area contributed by atoms with Crippen molar-refractivity contribution >= 4 is 40.0 Å². The van der Waals surface area contributed by atoms with Gasteiger partial charge in [0.25, 0.3) is 17.7 Å². The number of likely N-dealkylation sites (tertiary alicyclic amines) is 1. The standard InChI is InChI=1S/C13H13N3O4S/c1-13(4-3-7(17)15(2)12(13)20)16-10(18)6-5-21-9(14)8(6)11(16)19/h5H,3-4,14H2,1-2H3/t13-/m1/s1. The second kappa shape index (κ2) is 4.14. The van der Waals surface area contributed by atoms with Crippen LogP contribution < -0.4 is 5.73 Å². The molecule has 110 valence electrons. The van der Waals surface area contributed by atoms with Crippen molar-refractivity contribution in [2.24, 2.45) is 0 Å². The van der Waals surface area contributed by atoms with Gasteiger partial charge >= 0.3 is 0 Å². The van der Waals surface area contributed by atoms with Gasteiger partial charge in [-0.05, 0) is 13.3 Å². The summed E-state index contributed by atoms with van der Waals surface area (Å²) in [5.41, 5.74) is 4.78. The number of hydrogen-bond acceptors (Lipinski definition) is 6. The fourth-order valence-electron chi connectivity index (χ4n) is 2.83. The van der Waals surface area contributed by atoms with E-state index in [1.54, 1.807) is 0 Å². The zero-order chi connectivity index (χ0) is 15.5. The molecular weight excluding hydrogens is 294 g/mol. The van der Waals surface area contributed by atoms with Crippen LogP contribution in [0.25, 0.3) is 0 Å². The van der Waals surface area contributed by atoms with Crippen molar-refractivity contribution in [3.05, 3.63) is 16.5 Å². The largest absolute Gasteiger partial charge is 0.390 e. The van der Waals surface area contributed by atoms with Gasteiger partial charge in [0, 0.05) is 18.8 Å². The Labute approximate surface area is 124 Å². The molecule has 1 aromatic heterocycles. The molecule has 0 aliphatic carbocycles. The highest BCUT2D eigenvalue weighted by Crippen LogP contribution is 2.39. The molecule has 2 N–H and O–H groups in total. The molecule has 2 aliphatic heterocycles. The van der Waals surface area contributed by atoms with Crippen molar-refractivity contribution in [3.63, 3.8) is 0 Å². The van der Waals surface area contributed by atoms with Gasteiger partial charge in [0.15, 0.2) is 0 Å². The minimum atomic E-state index is -1.35. The van der Waals surface area contributed by atoms with Gasteiger partial charge in [0.1, 0.15) is 5.54 Å². The van der Waals surface area contributed by atoms with Crippen LogP contribution in [0.4, 0.5) is 5.00 Å². The van der Waals surface area contributed by atoms with Crippen LogP contribution in [0.3, 0.4) is 0 Å². The predicted octanol–water partition coefficient (Wildman–Crippen LogP) is 0.464. The lowest BCUT2D eigenvalue weighted by Crippen LogP contribution is -2.63. The molecular formula is C13H13N3O4S. The Hall–Kier alpha value is -2.22. The van der Waals surface area contributed by atoms with Gasteiger partial charge in [-0.15, -0.1) is 11.3 Å². The number of imide groups is 2. The molecule has 0 spiro atoms. The summed E-state index contributed by atoms with van der Waals surface area (Å²) in [6.07, 6.45) is 0.234. The lowest BCUT2D eigenvalue weighted by Gasteiger charge is -2.41. The van der Waals surface area contributed by atoms with Crippen molar-refractivity contribution in [2.45, 2.75) is 25.3 Å². The summed E-state index contributed by atoms with van der Waals surface area (Å²) in [7, 11) is 1.36. The van der Waals surface area contributed by atoms with Crippen LogP contribution in [0.2, 0.25) is 0 Å². The first-order valence-corrected chi connectivity index (χ1v) is 7.24. The minimum absolute atomic E-state index is 0.109. The summed E-state index contributed by atoms with van der Waals surface area (Å²) in [6.45, 7) is 1.51. The molecule has 1 saturated heterocycles. The maximum absolute atomic E-state index is 12.5. The first kappa shape index (κ1) is 13.7. The van der Waals surface area contributed by atoms with Crippen LogP contribution in [0.1, 0.15) is 40.5 Å². The van der Waals surface area contributed by atoms with Crippen LogP contribution in [0.5, 0.6) is 0 Å². The number of hydrogen-bond donors (Lipinski definition) is 1. The van der Waals surface area contributed by atoms with E-state index in [1.807, 2.05) is 0 Å². The number of fused-ring (bicyclic) bond motifs is 1. The number of rotatable bonds is 1. The van der Waals surface area contributed by atoms with E-state index >= 15 is 0 Å². The molecule has 1 atom stereocenters. The Balaban J connectivity index is 2.06. The summed E-state index contributed by atoms with van der Waals surface area (Å²) in [5.74, 6) is -1.95. The third kappa shape index (κ3) is 1.59. The molecule has 21 heavy (non-hydrogen) atoms. The molecule has 1 fully saturated rings.